The average molecular weight is 370 g/mol. The normalized spacial score (nSPS) is 24.1. The van der Waals surface area contributed by atoms with E-state index in [9.17, 15) is 4.79 Å². The van der Waals surface area contributed by atoms with Crippen LogP contribution in [0, 0.1) is 0 Å². The van der Waals surface area contributed by atoms with E-state index in [0.29, 0.717) is 19.0 Å². The van der Waals surface area contributed by atoms with Gasteiger partial charge in [-0.15, -0.1) is 0 Å². The van der Waals surface area contributed by atoms with E-state index in [0.717, 1.165) is 26.1 Å². The molecule has 0 radical (unpaired) electrons. The molecule has 1 N–H and O–H groups in total. The highest BCUT2D eigenvalue weighted by Gasteiger charge is 2.45. The van der Waals surface area contributed by atoms with Gasteiger partial charge in [0.25, 0.3) is 0 Å². The molecule has 5 heteroatoms. The number of aromatic nitrogens is 1. The Hall–Kier alpha value is -1.85. The summed E-state index contributed by atoms with van der Waals surface area (Å²) in [6.45, 7) is 12.3. The number of aromatic amines is 1. The van der Waals surface area contributed by atoms with E-state index in [1.165, 1.54) is 22.2 Å². The van der Waals surface area contributed by atoms with E-state index in [4.69, 9.17) is 4.74 Å². The summed E-state index contributed by atoms with van der Waals surface area (Å²) in [6, 6.07) is 8.53. The Bertz CT molecular complexity index is 837. The van der Waals surface area contributed by atoms with Gasteiger partial charge in [-0.25, -0.2) is 0 Å². The van der Waals surface area contributed by atoms with Crippen molar-refractivity contribution in [3.63, 3.8) is 0 Å². The maximum absolute atomic E-state index is 12.8. The van der Waals surface area contributed by atoms with E-state index in [1.807, 2.05) is 4.90 Å². The molecule has 1 amide bonds. The number of likely N-dealkylation sites (tertiary alicyclic amines) is 1. The van der Waals surface area contributed by atoms with Gasteiger partial charge in [0.15, 0.2) is 0 Å². The molecule has 27 heavy (non-hydrogen) atoms. The molecule has 0 spiro atoms. The second-order valence-corrected chi connectivity index (χ2v) is 8.32. The first-order valence-corrected chi connectivity index (χ1v) is 10.2. The van der Waals surface area contributed by atoms with Crippen LogP contribution < -0.4 is 0 Å². The molecular weight excluding hydrogens is 338 g/mol. The van der Waals surface area contributed by atoms with Gasteiger partial charge in [0.2, 0.25) is 5.91 Å². The molecule has 4 rings (SSSR count). The van der Waals surface area contributed by atoms with Gasteiger partial charge in [0.1, 0.15) is 5.60 Å². The highest BCUT2D eigenvalue weighted by molar-refractivity contribution is 5.86. The molecule has 0 unspecified atom stereocenters. The molecule has 0 saturated carbocycles. The topological polar surface area (TPSA) is 48.6 Å². The van der Waals surface area contributed by atoms with Crippen LogP contribution in [-0.4, -0.2) is 59.5 Å². The van der Waals surface area contributed by atoms with Crippen LogP contribution in [-0.2, 0) is 15.1 Å². The van der Waals surface area contributed by atoms with Crippen molar-refractivity contribution in [2.24, 2.45) is 0 Å². The minimum atomic E-state index is -0.375. The van der Waals surface area contributed by atoms with Crippen LogP contribution in [0.25, 0.3) is 10.9 Å². The Kier molecular flexibility index (Phi) is 4.77. The van der Waals surface area contributed by atoms with Crippen molar-refractivity contribution >= 4 is 16.8 Å². The number of carbonyl (C=O) groups is 1. The Morgan fingerprint density at radius 1 is 1.30 bits per heavy atom. The average Bonchev–Trinajstić information content (AvgIpc) is 3.06. The van der Waals surface area contributed by atoms with Crippen LogP contribution in [0.1, 0.15) is 51.3 Å². The molecule has 2 aromatic rings. The molecule has 1 aromatic heterocycles. The number of hydrogen-bond donors (Lipinski definition) is 1. The van der Waals surface area contributed by atoms with Crippen LogP contribution in [0.3, 0.4) is 0 Å². The van der Waals surface area contributed by atoms with Gasteiger partial charge in [-0.1, -0.05) is 32.0 Å². The number of likely N-dealkylation sites (N-methyl/N-ethyl adjacent to an activating group) is 1. The molecule has 146 valence electrons. The second-order valence-electron chi connectivity index (χ2n) is 8.32. The molecule has 1 saturated heterocycles. The molecule has 1 fully saturated rings. The van der Waals surface area contributed by atoms with Crippen LogP contribution >= 0.6 is 0 Å². The maximum Gasteiger partial charge on any atom is 0.236 e. The number of nitrogens with zero attached hydrogens (tertiary/aromatic N) is 2. The highest BCUT2D eigenvalue weighted by atomic mass is 16.5. The first-order valence-electron chi connectivity index (χ1n) is 10.2. The molecule has 3 heterocycles. The zero-order chi connectivity index (χ0) is 19.2. The Balaban J connectivity index is 1.61. The van der Waals surface area contributed by atoms with Gasteiger partial charge < -0.3 is 14.6 Å². The third-order valence-electron chi connectivity index (χ3n) is 6.33. The minimum Gasteiger partial charge on any atom is -0.364 e. The van der Waals surface area contributed by atoms with Gasteiger partial charge >= 0.3 is 0 Å². The summed E-state index contributed by atoms with van der Waals surface area (Å²) in [4.78, 5) is 20.6. The van der Waals surface area contributed by atoms with Gasteiger partial charge in [-0.05, 0) is 45.0 Å². The van der Waals surface area contributed by atoms with E-state index >= 15 is 0 Å². The van der Waals surface area contributed by atoms with Gasteiger partial charge in [0, 0.05) is 29.9 Å². The van der Waals surface area contributed by atoms with Crippen molar-refractivity contribution in [2.75, 3.05) is 32.7 Å². The number of piperidine rings is 1. The summed E-state index contributed by atoms with van der Waals surface area (Å²) < 4.78 is 6.53. The lowest BCUT2D eigenvalue weighted by molar-refractivity contribution is -0.149. The van der Waals surface area contributed by atoms with Crippen molar-refractivity contribution in [1.29, 1.82) is 0 Å². The molecule has 2 atom stereocenters. The summed E-state index contributed by atoms with van der Waals surface area (Å²) in [5.74, 6) is 0.574. The quantitative estimate of drug-likeness (QED) is 0.898. The monoisotopic (exact) mass is 369 g/mol. The van der Waals surface area contributed by atoms with Crippen molar-refractivity contribution in [3.05, 3.63) is 35.5 Å². The number of H-pyrrole nitrogens is 1. The van der Waals surface area contributed by atoms with Crippen molar-refractivity contribution in [3.8, 4) is 0 Å². The van der Waals surface area contributed by atoms with Crippen LogP contribution in [0.5, 0.6) is 0 Å². The van der Waals surface area contributed by atoms with E-state index in [1.54, 1.807) is 0 Å². The fraction of sp³-hybridized carbons (Fsp3) is 0.591. The predicted octanol–water partition coefficient (Wildman–Crippen LogP) is 3.46. The van der Waals surface area contributed by atoms with E-state index < -0.39 is 0 Å². The Labute approximate surface area is 161 Å². The first-order chi connectivity index (χ1) is 12.9. The first kappa shape index (κ1) is 18.5. The number of fused-ring (bicyclic) bond motifs is 5. The standard InChI is InChI=1S/C22H31N3O2/c1-5-24(6-2)14-19(26)25-12-11-16-18(13-25)27-22(3,4)21-20(16)15-9-7-8-10-17(15)23-21/h7-10,16,18,23H,5-6,11-14H2,1-4H3/t16-,18-/m0/s1. The number of para-hydroxylation sites is 1. The summed E-state index contributed by atoms with van der Waals surface area (Å²) >= 11 is 0. The molecule has 2 aliphatic rings. The Morgan fingerprint density at radius 2 is 2.04 bits per heavy atom. The van der Waals surface area contributed by atoms with Gasteiger partial charge in [-0.2, -0.15) is 0 Å². The Morgan fingerprint density at radius 3 is 2.78 bits per heavy atom. The van der Waals surface area contributed by atoms with Gasteiger partial charge in [0.05, 0.1) is 18.3 Å². The SMILES string of the molecule is CCN(CC)CC(=O)N1CC[C@@H]2c3c([nH]c4ccccc34)C(C)(C)O[C@H]2C1. The molecule has 1 aromatic carbocycles. The number of nitrogens with one attached hydrogen (secondary N) is 1. The van der Waals surface area contributed by atoms with Gasteiger partial charge in [-0.3, -0.25) is 9.69 Å². The molecule has 0 bridgehead atoms. The summed E-state index contributed by atoms with van der Waals surface area (Å²) in [5.41, 5.74) is 3.41. The van der Waals surface area contributed by atoms with Crippen LogP contribution in [0.2, 0.25) is 0 Å². The minimum absolute atomic E-state index is 0.0566. The third kappa shape index (κ3) is 3.17. The summed E-state index contributed by atoms with van der Waals surface area (Å²) in [7, 11) is 0. The number of ether oxygens (including phenoxy) is 1. The number of hydrogen-bond acceptors (Lipinski definition) is 3. The predicted molar refractivity (Wildman–Crippen MR) is 108 cm³/mol. The third-order valence-corrected chi connectivity index (χ3v) is 6.33. The summed E-state index contributed by atoms with van der Waals surface area (Å²) in [6.07, 6.45) is 1.01. The molecule has 0 aliphatic carbocycles. The van der Waals surface area contributed by atoms with E-state index in [2.05, 4.69) is 61.8 Å². The zero-order valence-electron chi connectivity index (χ0n) is 16.9. The van der Waals surface area contributed by atoms with Crippen molar-refractivity contribution in [1.82, 2.24) is 14.8 Å². The number of benzene rings is 1. The number of amides is 1. The second kappa shape index (κ2) is 6.95. The zero-order valence-corrected chi connectivity index (χ0v) is 16.9. The van der Waals surface area contributed by atoms with E-state index in [-0.39, 0.29) is 17.6 Å². The lowest BCUT2D eigenvalue weighted by atomic mass is 9.79. The number of rotatable bonds is 4. The maximum atomic E-state index is 12.8. The lowest BCUT2D eigenvalue weighted by Gasteiger charge is -2.46. The summed E-state index contributed by atoms with van der Waals surface area (Å²) in [5, 5.41) is 1.31. The highest BCUT2D eigenvalue weighted by Crippen LogP contribution is 2.47. The molecule has 5 nitrogen and oxygen atoms in total. The fourth-order valence-electron chi connectivity index (χ4n) is 4.79. The van der Waals surface area contributed by atoms with Crippen molar-refractivity contribution in [2.45, 2.75) is 51.7 Å². The molecular formula is C22H31N3O2. The largest absolute Gasteiger partial charge is 0.364 e. The van der Waals surface area contributed by atoms with Crippen molar-refractivity contribution < 1.29 is 9.53 Å². The smallest absolute Gasteiger partial charge is 0.236 e. The lowest BCUT2D eigenvalue weighted by Crippen LogP contribution is -2.53. The van der Waals surface area contributed by atoms with Crippen LogP contribution in [0.15, 0.2) is 24.3 Å². The molecule has 2 aliphatic heterocycles. The van der Waals surface area contributed by atoms with Crippen LogP contribution in [0.4, 0.5) is 0 Å². The number of carbonyl (C=O) groups excluding carboxylic acids is 1. The fourth-order valence-corrected chi connectivity index (χ4v) is 4.79.